The standard InChI is InChI=1S/C18H18Cl3F3O4/c1-3-4-14(12-5-7-13(8-6-12)18(22,23)24)28-15(25)9-11(2)16(26)27-10-17(19,20)21/h5-8,14H,2-4,9-10H2,1H3. The highest BCUT2D eigenvalue weighted by atomic mass is 35.6. The summed E-state index contributed by atoms with van der Waals surface area (Å²) in [6.07, 6.45) is -4.68. The molecule has 0 heterocycles. The topological polar surface area (TPSA) is 52.6 Å². The highest BCUT2D eigenvalue weighted by Crippen LogP contribution is 2.31. The average Bonchev–Trinajstić information content (AvgIpc) is 2.57. The monoisotopic (exact) mass is 460 g/mol. The van der Waals surface area contributed by atoms with E-state index in [0.717, 1.165) is 12.1 Å². The second kappa shape index (κ2) is 10.4. The van der Waals surface area contributed by atoms with Crippen molar-refractivity contribution in [3.05, 3.63) is 47.5 Å². The highest BCUT2D eigenvalue weighted by molar-refractivity contribution is 6.67. The quantitative estimate of drug-likeness (QED) is 0.273. The van der Waals surface area contributed by atoms with Gasteiger partial charge in [-0.25, -0.2) is 4.79 Å². The Morgan fingerprint density at radius 1 is 1.14 bits per heavy atom. The highest BCUT2D eigenvalue weighted by Gasteiger charge is 2.30. The number of hydrogen-bond acceptors (Lipinski definition) is 4. The minimum absolute atomic E-state index is 0.207. The summed E-state index contributed by atoms with van der Waals surface area (Å²) in [5, 5.41) is 0. The van der Waals surface area contributed by atoms with Crippen LogP contribution < -0.4 is 0 Å². The van der Waals surface area contributed by atoms with Crippen molar-refractivity contribution >= 4 is 46.7 Å². The third-order valence-electron chi connectivity index (χ3n) is 3.45. The minimum Gasteiger partial charge on any atom is -0.458 e. The van der Waals surface area contributed by atoms with Crippen molar-refractivity contribution in [2.75, 3.05) is 6.61 Å². The van der Waals surface area contributed by atoms with Crippen LogP contribution in [0.3, 0.4) is 0 Å². The molecule has 0 N–H and O–H groups in total. The molecule has 0 aliphatic heterocycles. The van der Waals surface area contributed by atoms with E-state index in [-0.39, 0.29) is 5.57 Å². The maximum atomic E-state index is 12.7. The van der Waals surface area contributed by atoms with Crippen LogP contribution >= 0.6 is 34.8 Å². The molecule has 0 radical (unpaired) electrons. The van der Waals surface area contributed by atoms with Gasteiger partial charge in [-0.3, -0.25) is 4.79 Å². The van der Waals surface area contributed by atoms with Crippen LogP contribution in [0.1, 0.15) is 43.4 Å². The number of ether oxygens (including phenoxy) is 2. The van der Waals surface area contributed by atoms with Gasteiger partial charge in [-0.15, -0.1) is 0 Å². The summed E-state index contributed by atoms with van der Waals surface area (Å²) in [5.41, 5.74) is -0.600. The molecular weight excluding hydrogens is 444 g/mol. The number of esters is 2. The SMILES string of the molecule is C=C(CC(=O)OC(CCC)c1ccc(C(F)(F)F)cc1)C(=O)OCC(Cl)(Cl)Cl. The summed E-state index contributed by atoms with van der Waals surface area (Å²) >= 11 is 16.4. The van der Waals surface area contributed by atoms with Crippen LogP contribution in [0, 0.1) is 0 Å². The lowest BCUT2D eigenvalue weighted by molar-refractivity contribution is -0.151. The number of carbonyl (C=O) groups is 2. The molecule has 0 aliphatic carbocycles. The molecule has 0 amide bonds. The van der Waals surface area contributed by atoms with E-state index >= 15 is 0 Å². The van der Waals surface area contributed by atoms with Crippen LogP contribution in [-0.2, 0) is 25.2 Å². The first-order valence-electron chi connectivity index (χ1n) is 8.11. The van der Waals surface area contributed by atoms with E-state index in [9.17, 15) is 22.8 Å². The second-order valence-electron chi connectivity index (χ2n) is 5.86. The molecule has 0 aliphatic rings. The Morgan fingerprint density at radius 2 is 1.71 bits per heavy atom. The van der Waals surface area contributed by atoms with Gasteiger partial charge in [-0.05, 0) is 24.1 Å². The molecule has 0 saturated carbocycles. The van der Waals surface area contributed by atoms with Crippen molar-refractivity contribution in [1.29, 1.82) is 0 Å². The van der Waals surface area contributed by atoms with Crippen molar-refractivity contribution < 1.29 is 32.2 Å². The molecule has 0 fully saturated rings. The minimum atomic E-state index is -4.46. The summed E-state index contributed by atoms with van der Waals surface area (Å²) in [7, 11) is 0. The zero-order valence-corrected chi connectivity index (χ0v) is 17.1. The van der Waals surface area contributed by atoms with Crippen molar-refractivity contribution in [1.82, 2.24) is 0 Å². The molecule has 1 rings (SSSR count). The van der Waals surface area contributed by atoms with Gasteiger partial charge in [0.25, 0.3) is 0 Å². The lowest BCUT2D eigenvalue weighted by Gasteiger charge is -2.19. The molecule has 0 aromatic heterocycles. The van der Waals surface area contributed by atoms with Crippen LogP contribution in [0.25, 0.3) is 0 Å². The van der Waals surface area contributed by atoms with Gasteiger partial charge in [0.1, 0.15) is 12.7 Å². The van der Waals surface area contributed by atoms with E-state index in [1.807, 2.05) is 6.92 Å². The summed E-state index contributed by atoms with van der Waals surface area (Å²) < 4.78 is 46.2. The van der Waals surface area contributed by atoms with Crippen LogP contribution in [-0.4, -0.2) is 22.3 Å². The van der Waals surface area contributed by atoms with Crippen molar-refractivity contribution in [2.45, 2.75) is 42.3 Å². The molecule has 0 bridgehead atoms. The molecule has 10 heteroatoms. The van der Waals surface area contributed by atoms with Gasteiger partial charge in [0.2, 0.25) is 3.79 Å². The van der Waals surface area contributed by atoms with Crippen molar-refractivity contribution in [3.8, 4) is 0 Å². The Balaban J connectivity index is 2.72. The van der Waals surface area contributed by atoms with Crippen LogP contribution in [0.5, 0.6) is 0 Å². The van der Waals surface area contributed by atoms with Crippen LogP contribution in [0.4, 0.5) is 13.2 Å². The van der Waals surface area contributed by atoms with E-state index in [2.05, 4.69) is 6.58 Å². The molecule has 156 valence electrons. The smallest absolute Gasteiger partial charge is 0.416 e. The molecule has 0 saturated heterocycles. The fourth-order valence-electron chi connectivity index (χ4n) is 2.14. The molecule has 1 aromatic carbocycles. The first-order chi connectivity index (χ1) is 12.8. The fraction of sp³-hybridized carbons (Fsp3) is 0.444. The van der Waals surface area contributed by atoms with Gasteiger partial charge >= 0.3 is 18.1 Å². The molecular formula is C18H18Cl3F3O4. The number of benzene rings is 1. The van der Waals surface area contributed by atoms with Crippen LogP contribution in [0.2, 0.25) is 0 Å². The summed E-state index contributed by atoms with van der Waals surface area (Å²) in [6.45, 7) is 4.74. The van der Waals surface area contributed by atoms with Gasteiger partial charge in [-0.2, -0.15) is 13.2 Å². The first-order valence-corrected chi connectivity index (χ1v) is 9.25. The Labute approximate surface area is 175 Å². The summed E-state index contributed by atoms with van der Waals surface area (Å²) in [4.78, 5) is 23.8. The predicted molar refractivity (Wildman–Crippen MR) is 100 cm³/mol. The second-order valence-corrected chi connectivity index (χ2v) is 8.37. The Bertz CT molecular complexity index is 698. The number of halogens is 6. The van der Waals surface area contributed by atoms with Crippen molar-refractivity contribution in [3.63, 3.8) is 0 Å². The summed E-state index contributed by atoms with van der Waals surface area (Å²) in [5.74, 6) is -1.71. The molecule has 1 unspecified atom stereocenters. The lowest BCUT2D eigenvalue weighted by Crippen LogP contribution is -2.20. The summed E-state index contributed by atoms with van der Waals surface area (Å²) in [6, 6.07) is 4.33. The van der Waals surface area contributed by atoms with Crippen LogP contribution in [0.15, 0.2) is 36.4 Å². The van der Waals surface area contributed by atoms with E-state index in [1.54, 1.807) is 0 Å². The zero-order chi connectivity index (χ0) is 21.5. The van der Waals surface area contributed by atoms with E-state index in [0.29, 0.717) is 18.4 Å². The van der Waals surface area contributed by atoms with E-state index in [4.69, 9.17) is 44.3 Å². The number of hydrogen-bond donors (Lipinski definition) is 0. The Morgan fingerprint density at radius 3 is 2.18 bits per heavy atom. The molecule has 4 nitrogen and oxygen atoms in total. The van der Waals surface area contributed by atoms with Gasteiger partial charge < -0.3 is 9.47 Å². The fourth-order valence-corrected chi connectivity index (χ4v) is 2.30. The maximum Gasteiger partial charge on any atom is 0.416 e. The number of alkyl halides is 6. The largest absolute Gasteiger partial charge is 0.458 e. The Kier molecular flexibility index (Phi) is 9.11. The van der Waals surface area contributed by atoms with Gasteiger partial charge in [0, 0.05) is 5.57 Å². The molecule has 1 aromatic rings. The third-order valence-corrected chi connectivity index (χ3v) is 3.78. The lowest BCUT2D eigenvalue weighted by atomic mass is 10.0. The third kappa shape index (κ3) is 8.71. The van der Waals surface area contributed by atoms with Gasteiger partial charge in [0.15, 0.2) is 0 Å². The van der Waals surface area contributed by atoms with Gasteiger partial charge in [-0.1, -0.05) is 66.9 Å². The van der Waals surface area contributed by atoms with E-state index < -0.39 is 46.6 Å². The zero-order valence-electron chi connectivity index (χ0n) is 14.8. The molecule has 28 heavy (non-hydrogen) atoms. The first kappa shape index (κ1) is 24.6. The molecule has 1 atom stereocenters. The number of carbonyl (C=O) groups excluding carboxylic acids is 2. The maximum absolute atomic E-state index is 12.7. The van der Waals surface area contributed by atoms with Crippen molar-refractivity contribution in [2.24, 2.45) is 0 Å². The Hall–Kier alpha value is -1.44. The van der Waals surface area contributed by atoms with E-state index in [1.165, 1.54) is 12.1 Å². The van der Waals surface area contributed by atoms with Gasteiger partial charge in [0.05, 0.1) is 12.0 Å². The number of rotatable bonds is 8. The molecule has 0 spiro atoms. The predicted octanol–water partition coefficient (Wildman–Crippen LogP) is 5.95. The normalized spacial score (nSPS) is 13.0. The average molecular weight is 462 g/mol.